The number of hydrogen-bond donors (Lipinski definition) is 0. The number of hydrogen-bond acceptors (Lipinski definition) is 3. The highest BCUT2D eigenvalue weighted by Gasteiger charge is 2.47. The van der Waals surface area contributed by atoms with Crippen LogP contribution in [0.15, 0.2) is 43.3 Å². The molecule has 0 aromatic carbocycles. The monoisotopic (exact) mass is 407 g/mol. The molecule has 1 amide bonds. The van der Waals surface area contributed by atoms with Crippen molar-refractivity contribution in [2.75, 3.05) is 19.6 Å². The van der Waals surface area contributed by atoms with Crippen LogP contribution in [-0.4, -0.2) is 45.7 Å². The Labute approximate surface area is 180 Å². The zero-order chi connectivity index (χ0) is 21.3. The van der Waals surface area contributed by atoms with E-state index in [1.54, 1.807) is 4.90 Å². The third-order valence-electron chi connectivity index (χ3n) is 6.50. The van der Waals surface area contributed by atoms with Crippen LogP contribution >= 0.6 is 0 Å². The fraction of sp³-hybridized carbons (Fsp3) is 0.480. The van der Waals surface area contributed by atoms with Crippen molar-refractivity contribution in [3.63, 3.8) is 0 Å². The highest BCUT2D eigenvalue weighted by molar-refractivity contribution is 5.73. The third-order valence-corrected chi connectivity index (χ3v) is 6.50. The number of carbonyl (C=O) groups is 1. The maximum Gasteiger partial charge on any atom is 0.415 e. The van der Waals surface area contributed by atoms with Gasteiger partial charge < -0.3 is 9.30 Å². The first-order valence-electron chi connectivity index (χ1n) is 11.0. The van der Waals surface area contributed by atoms with Crippen molar-refractivity contribution in [1.29, 1.82) is 0 Å². The number of likely N-dealkylation sites (tertiary alicyclic amines) is 1. The number of nitrogens with zero attached hydrogens (tertiary/aromatic N) is 3. The Morgan fingerprint density at radius 3 is 2.60 bits per heavy atom. The molecule has 3 aliphatic rings. The first kappa shape index (κ1) is 20.7. The van der Waals surface area contributed by atoms with Gasteiger partial charge in [-0.25, -0.2) is 4.79 Å². The van der Waals surface area contributed by atoms with Gasteiger partial charge in [-0.15, -0.1) is 0 Å². The molecule has 5 nitrogen and oxygen atoms in total. The van der Waals surface area contributed by atoms with E-state index in [9.17, 15) is 4.79 Å². The molecule has 0 atom stereocenters. The normalized spacial score (nSPS) is 21.8. The molecule has 5 heteroatoms. The highest BCUT2D eigenvalue weighted by Crippen LogP contribution is 2.40. The second kappa shape index (κ2) is 8.31. The summed E-state index contributed by atoms with van der Waals surface area (Å²) in [5, 5.41) is 0. The second-order valence-electron chi connectivity index (χ2n) is 8.70. The Hall–Kier alpha value is -2.53. The van der Waals surface area contributed by atoms with Gasteiger partial charge in [-0.2, -0.15) is 0 Å². The van der Waals surface area contributed by atoms with Crippen molar-refractivity contribution in [1.82, 2.24) is 14.4 Å². The first-order valence-corrected chi connectivity index (χ1v) is 11.0. The Bertz CT molecular complexity index is 896. The molecule has 0 bridgehead atoms. The Morgan fingerprint density at radius 1 is 1.27 bits per heavy atom. The summed E-state index contributed by atoms with van der Waals surface area (Å²) in [6.45, 7) is 15.4. The fourth-order valence-corrected chi connectivity index (χ4v) is 4.71. The summed E-state index contributed by atoms with van der Waals surface area (Å²) in [4.78, 5) is 16.5. The Morgan fingerprint density at radius 2 is 2.00 bits per heavy atom. The van der Waals surface area contributed by atoms with E-state index < -0.39 is 0 Å². The van der Waals surface area contributed by atoms with E-state index in [1.807, 2.05) is 25.2 Å². The van der Waals surface area contributed by atoms with Gasteiger partial charge >= 0.3 is 6.09 Å². The van der Waals surface area contributed by atoms with Gasteiger partial charge in [-0.05, 0) is 44.4 Å². The minimum atomic E-state index is -0.378. The minimum absolute atomic E-state index is 0.265. The highest BCUT2D eigenvalue weighted by atomic mass is 16.6. The molecular formula is C25H33N3O2. The van der Waals surface area contributed by atoms with Gasteiger partial charge in [0.1, 0.15) is 5.60 Å². The van der Waals surface area contributed by atoms with Crippen LogP contribution in [0.4, 0.5) is 4.79 Å². The van der Waals surface area contributed by atoms with Crippen molar-refractivity contribution >= 4 is 18.2 Å². The van der Waals surface area contributed by atoms with E-state index in [4.69, 9.17) is 4.74 Å². The van der Waals surface area contributed by atoms with E-state index in [-0.39, 0.29) is 11.7 Å². The molecule has 2 saturated heterocycles. The van der Waals surface area contributed by atoms with Gasteiger partial charge in [0.2, 0.25) is 0 Å². The topological polar surface area (TPSA) is 37.7 Å². The molecule has 30 heavy (non-hydrogen) atoms. The number of ether oxygens (including phenoxy) is 1. The zero-order valence-electron chi connectivity index (χ0n) is 18.3. The SMILES string of the molecule is C=Cc1c(/C=C\C)c(CN2CCC3(CC2)CN(C(=C)/C=C\C)C(=O)O3)cn1C1CC1. The Balaban J connectivity index is 1.44. The molecule has 0 unspecified atom stereocenters. The van der Waals surface area contributed by atoms with Crippen LogP contribution in [0.3, 0.4) is 0 Å². The van der Waals surface area contributed by atoms with Gasteiger partial charge in [0.05, 0.1) is 6.54 Å². The van der Waals surface area contributed by atoms with Crippen LogP contribution in [0.1, 0.15) is 62.4 Å². The molecule has 1 aliphatic carbocycles. The predicted octanol–water partition coefficient (Wildman–Crippen LogP) is 5.38. The van der Waals surface area contributed by atoms with E-state index in [1.165, 1.54) is 29.7 Å². The molecule has 3 fully saturated rings. The lowest BCUT2D eigenvalue weighted by Gasteiger charge is -2.37. The molecule has 0 N–H and O–H groups in total. The number of rotatable bonds is 7. The lowest BCUT2D eigenvalue weighted by atomic mass is 9.91. The van der Waals surface area contributed by atoms with Crippen molar-refractivity contribution in [3.8, 4) is 0 Å². The number of carbonyl (C=O) groups excluding carboxylic acids is 1. The van der Waals surface area contributed by atoms with Gasteiger partial charge in [-0.1, -0.05) is 31.4 Å². The largest absolute Gasteiger partial charge is 0.441 e. The van der Waals surface area contributed by atoms with Crippen molar-refractivity contribution in [2.45, 2.75) is 57.7 Å². The summed E-state index contributed by atoms with van der Waals surface area (Å²) in [5.41, 5.74) is 4.22. The van der Waals surface area contributed by atoms with Crippen molar-refractivity contribution in [2.24, 2.45) is 0 Å². The number of piperidine rings is 1. The molecule has 0 radical (unpaired) electrons. The second-order valence-corrected chi connectivity index (χ2v) is 8.70. The quantitative estimate of drug-likeness (QED) is 0.570. The van der Waals surface area contributed by atoms with Crippen LogP contribution in [0, 0.1) is 0 Å². The molecule has 1 aromatic rings. The maximum absolute atomic E-state index is 12.4. The minimum Gasteiger partial charge on any atom is -0.441 e. The predicted molar refractivity (Wildman–Crippen MR) is 122 cm³/mol. The van der Waals surface area contributed by atoms with Crippen LogP contribution in [0.2, 0.25) is 0 Å². The van der Waals surface area contributed by atoms with E-state index in [0.717, 1.165) is 32.5 Å². The molecule has 1 saturated carbocycles. The molecule has 4 rings (SSSR count). The summed E-state index contributed by atoms with van der Waals surface area (Å²) in [7, 11) is 0. The zero-order valence-corrected chi connectivity index (χ0v) is 18.3. The molecule has 1 spiro atoms. The fourth-order valence-electron chi connectivity index (χ4n) is 4.71. The summed E-state index contributed by atoms with van der Waals surface area (Å²) >= 11 is 0. The molecule has 160 valence electrons. The smallest absolute Gasteiger partial charge is 0.415 e. The molecular weight excluding hydrogens is 374 g/mol. The lowest BCUT2D eigenvalue weighted by Crippen LogP contribution is -2.46. The third kappa shape index (κ3) is 3.91. The van der Waals surface area contributed by atoms with E-state index >= 15 is 0 Å². The average Bonchev–Trinajstić information content (AvgIpc) is 3.45. The number of allylic oxidation sites excluding steroid dienone is 3. The van der Waals surface area contributed by atoms with E-state index in [2.05, 4.69) is 47.9 Å². The summed E-state index contributed by atoms with van der Waals surface area (Å²) in [6, 6.07) is 0.634. The van der Waals surface area contributed by atoms with Gasteiger partial charge in [0.25, 0.3) is 0 Å². The van der Waals surface area contributed by atoms with Crippen molar-refractivity contribution < 1.29 is 9.53 Å². The molecule has 3 heterocycles. The van der Waals surface area contributed by atoms with Gasteiger partial charge in [0.15, 0.2) is 0 Å². The molecule has 1 aromatic heterocycles. The summed E-state index contributed by atoms with van der Waals surface area (Å²) < 4.78 is 8.26. The lowest BCUT2D eigenvalue weighted by molar-refractivity contribution is -0.00119. The first-order chi connectivity index (χ1) is 14.5. The van der Waals surface area contributed by atoms with Crippen LogP contribution in [-0.2, 0) is 11.3 Å². The van der Waals surface area contributed by atoms with Crippen molar-refractivity contribution in [3.05, 3.63) is 60.1 Å². The standard InChI is InChI=1S/C25H33N3O2/c1-5-8-19(4)28-18-25(30-24(28)29)12-14-26(15-13-25)16-20-17-27(21-10-11-21)23(7-3)22(20)9-6-2/h5-9,17,21H,3-4,10-16,18H2,1-2H3/b8-5-,9-6-. The van der Waals surface area contributed by atoms with Gasteiger partial charge in [0, 0.05) is 61.7 Å². The summed E-state index contributed by atoms with van der Waals surface area (Å²) in [6.07, 6.45) is 16.4. The van der Waals surface area contributed by atoms with E-state index in [0.29, 0.717) is 18.3 Å². The number of aromatic nitrogens is 1. The van der Waals surface area contributed by atoms with Crippen LogP contribution in [0.5, 0.6) is 0 Å². The summed E-state index contributed by atoms with van der Waals surface area (Å²) in [5.74, 6) is 0. The Kier molecular flexibility index (Phi) is 5.74. The van der Waals surface area contributed by atoms with Crippen LogP contribution in [0.25, 0.3) is 12.2 Å². The average molecular weight is 408 g/mol. The maximum atomic E-state index is 12.4. The number of amides is 1. The van der Waals surface area contributed by atoms with Crippen LogP contribution < -0.4 is 0 Å². The van der Waals surface area contributed by atoms with Gasteiger partial charge in [-0.3, -0.25) is 9.80 Å². The molecule has 2 aliphatic heterocycles.